The van der Waals surface area contributed by atoms with Crippen molar-refractivity contribution in [2.75, 3.05) is 20.2 Å². The van der Waals surface area contributed by atoms with E-state index in [-0.39, 0.29) is 12.1 Å². The molecule has 1 saturated heterocycles. The van der Waals surface area contributed by atoms with Crippen molar-refractivity contribution in [1.29, 1.82) is 0 Å². The molecule has 0 aromatic heterocycles. The maximum absolute atomic E-state index is 12.3. The molecule has 4 heteroatoms. The molecular weight excluding hydrogens is 240 g/mol. The van der Waals surface area contributed by atoms with Crippen LogP contribution in [0, 0.1) is 0 Å². The first-order valence-corrected chi connectivity index (χ1v) is 6.77. The average Bonchev–Trinajstić information content (AvgIpc) is 2.47. The highest BCUT2D eigenvalue weighted by Crippen LogP contribution is 2.38. The highest BCUT2D eigenvalue weighted by Gasteiger charge is 2.46. The minimum atomic E-state index is -0.596. The van der Waals surface area contributed by atoms with Gasteiger partial charge in [-0.1, -0.05) is 37.3 Å². The Balaban J connectivity index is 2.35. The lowest BCUT2D eigenvalue weighted by Gasteiger charge is -2.43. The predicted molar refractivity (Wildman–Crippen MR) is 74.6 cm³/mol. The van der Waals surface area contributed by atoms with Crippen molar-refractivity contribution >= 4 is 5.97 Å². The van der Waals surface area contributed by atoms with Gasteiger partial charge in [0.15, 0.2) is 0 Å². The van der Waals surface area contributed by atoms with Gasteiger partial charge in [-0.15, -0.1) is 0 Å². The summed E-state index contributed by atoms with van der Waals surface area (Å²) in [5.41, 5.74) is 6.62. The van der Waals surface area contributed by atoms with E-state index in [0.717, 1.165) is 25.1 Å². The molecule has 19 heavy (non-hydrogen) atoms. The molecule has 2 rings (SSSR count). The number of likely N-dealkylation sites (tertiary alicyclic amines) is 1. The quantitative estimate of drug-likeness (QED) is 0.839. The topological polar surface area (TPSA) is 55.6 Å². The zero-order valence-corrected chi connectivity index (χ0v) is 11.6. The van der Waals surface area contributed by atoms with E-state index in [1.165, 1.54) is 7.11 Å². The number of carbonyl (C=O) groups excluding carboxylic acids is 1. The molecule has 2 atom stereocenters. The summed E-state index contributed by atoms with van der Waals surface area (Å²) in [6, 6.07) is 9.85. The van der Waals surface area contributed by atoms with Crippen molar-refractivity contribution in [3.05, 3.63) is 35.9 Å². The summed E-state index contributed by atoms with van der Waals surface area (Å²) in [4.78, 5) is 14.5. The number of benzene rings is 1. The Morgan fingerprint density at radius 3 is 2.68 bits per heavy atom. The van der Waals surface area contributed by atoms with E-state index in [1.807, 2.05) is 30.3 Å². The number of methoxy groups -OCH3 is 1. The van der Waals surface area contributed by atoms with Gasteiger partial charge in [-0.3, -0.25) is 9.69 Å². The van der Waals surface area contributed by atoms with E-state index < -0.39 is 5.41 Å². The highest BCUT2D eigenvalue weighted by molar-refractivity contribution is 5.83. The molecule has 1 fully saturated rings. The van der Waals surface area contributed by atoms with Crippen LogP contribution in [0.3, 0.4) is 0 Å². The van der Waals surface area contributed by atoms with Crippen molar-refractivity contribution in [3.8, 4) is 0 Å². The first-order chi connectivity index (χ1) is 9.14. The third kappa shape index (κ3) is 2.51. The molecule has 0 saturated carbocycles. The lowest BCUT2D eigenvalue weighted by molar-refractivity contribution is -0.150. The molecule has 104 valence electrons. The molecule has 4 nitrogen and oxygen atoms in total. The molecule has 0 bridgehead atoms. The number of carbonyl (C=O) groups is 1. The van der Waals surface area contributed by atoms with Gasteiger partial charge >= 0.3 is 5.97 Å². The number of esters is 1. The van der Waals surface area contributed by atoms with Crippen molar-refractivity contribution in [2.45, 2.75) is 31.3 Å². The van der Waals surface area contributed by atoms with Gasteiger partial charge in [0.1, 0.15) is 0 Å². The van der Waals surface area contributed by atoms with Crippen molar-refractivity contribution in [3.63, 3.8) is 0 Å². The molecule has 0 radical (unpaired) electrons. The molecule has 0 spiro atoms. The summed E-state index contributed by atoms with van der Waals surface area (Å²) in [6.07, 6.45) is 1.26. The van der Waals surface area contributed by atoms with E-state index in [4.69, 9.17) is 10.5 Å². The standard InChI is InChI=1S/C15H22N2O2/c1-3-17-10-9-15(11-13(17)16,14(18)19-2)12-7-5-4-6-8-12/h4-8,13H,3,9-11,16H2,1-2H3. The second-order valence-electron chi connectivity index (χ2n) is 5.09. The first kappa shape index (κ1) is 14.0. The second kappa shape index (κ2) is 5.72. The number of rotatable bonds is 3. The van der Waals surface area contributed by atoms with Gasteiger partial charge in [0, 0.05) is 6.54 Å². The second-order valence-corrected chi connectivity index (χ2v) is 5.09. The highest BCUT2D eigenvalue weighted by atomic mass is 16.5. The molecule has 1 aliphatic heterocycles. The monoisotopic (exact) mass is 262 g/mol. The normalized spacial score (nSPS) is 28.1. The smallest absolute Gasteiger partial charge is 0.316 e. The Hall–Kier alpha value is -1.39. The SMILES string of the molecule is CCN1CCC(C(=O)OC)(c2ccccc2)CC1N. The molecule has 0 amide bonds. The molecule has 1 heterocycles. The number of piperidine rings is 1. The minimum Gasteiger partial charge on any atom is -0.468 e. The maximum atomic E-state index is 12.3. The Kier molecular flexibility index (Phi) is 4.22. The molecule has 2 unspecified atom stereocenters. The molecule has 2 N–H and O–H groups in total. The summed E-state index contributed by atoms with van der Waals surface area (Å²) in [7, 11) is 1.45. The van der Waals surface area contributed by atoms with Crippen LogP contribution >= 0.6 is 0 Å². The summed E-state index contributed by atoms with van der Waals surface area (Å²) < 4.78 is 5.05. The van der Waals surface area contributed by atoms with E-state index in [2.05, 4.69) is 11.8 Å². The molecule has 1 aromatic carbocycles. The van der Waals surface area contributed by atoms with E-state index in [0.29, 0.717) is 6.42 Å². The number of hydrogen-bond acceptors (Lipinski definition) is 4. The fourth-order valence-electron chi connectivity index (χ4n) is 3.00. The van der Waals surface area contributed by atoms with Gasteiger partial charge in [-0.25, -0.2) is 0 Å². The van der Waals surface area contributed by atoms with Gasteiger partial charge in [-0.2, -0.15) is 0 Å². The van der Waals surface area contributed by atoms with Crippen LogP contribution in [0.15, 0.2) is 30.3 Å². The third-order valence-corrected chi connectivity index (χ3v) is 4.16. The maximum Gasteiger partial charge on any atom is 0.316 e. The van der Waals surface area contributed by atoms with Crippen LogP contribution in [0.25, 0.3) is 0 Å². The fourth-order valence-corrected chi connectivity index (χ4v) is 3.00. The average molecular weight is 262 g/mol. The van der Waals surface area contributed by atoms with Crippen LogP contribution in [0.5, 0.6) is 0 Å². The van der Waals surface area contributed by atoms with Gasteiger partial charge < -0.3 is 10.5 Å². The summed E-state index contributed by atoms with van der Waals surface area (Å²) >= 11 is 0. The summed E-state index contributed by atoms with van der Waals surface area (Å²) in [6.45, 7) is 3.82. The van der Waals surface area contributed by atoms with Crippen LogP contribution in [0.1, 0.15) is 25.3 Å². The van der Waals surface area contributed by atoms with E-state index >= 15 is 0 Å². The fraction of sp³-hybridized carbons (Fsp3) is 0.533. The van der Waals surface area contributed by atoms with Gasteiger partial charge in [0.2, 0.25) is 0 Å². The molecule has 1 aromatic rings. The number of nitrogens with zero attached hydrogens (tertiary/aromatic N) is 1. The van der Waals surface area contributed by atoms with Crippen LogP contribution in [0.4, 0.5) is 0 Å². The molecule has 1 aliphatic rings. The van der Waals surface area contributed by atoms with Crippen molar-refractivity contribution in [2.24, 2.45) is 5.73 Å². The van der Waals surface area contributed by atoms with Crippen LogP contribution in [-0.4, -0.2) is 37.2 Å². The number of hydrogen-bond donors (Lipinski definition) is 1. The van der Waals surface area contributed by atoms with Crippen molar-refractivity contribution in [1.82, 2.24) is 4.90 Å². The zero-order chi connectivity index (χ0) is 13.9. The number of ether oxygens (including phenoxy) is 1. The van der Waals surface area contributed by atoms with Crippen LogP contribution < -0.4 is 5.73 Å². The van der Waals surface area contributed by atoms with Gasteiger partial charge in [0.25, 0.3) is 0 Å². The Morgan fingerprint density at radius 1 is 1.47 bits per heavy atom. The zero-order valence-electron chi connectivity index (χ0n) is 11.6. The van der Waals surface area contributed by atoms with Gasteiger partial charge in [0.05, 0.1) is 18.7 Å². The lowest BCUT2D eigenvalue weighted by atomic mass is 9.71. The lowest BCUT2D eigenvalue weighted by Crippen LogP contribution is -2.56. The largest absolute Gasteiger partial charge is 0.468 e. The first-order valence-electron chi connectivity index (χ1n) is 6.77. The van der Waals surface area contributed by atoms with Crippen LogP contribution in [0.2, 0.25) is 0 Å². The predicted octanol–water partition coefficient (Wildman–Crippen LogP) is 1.50. The molecular formula is C15H22N2O2. The van der Waals surface area contributed by atoms with Gasteiger partial charge in [-0.05, 0) is 24.9 Å². The summed E-state index contributed by atoms with van der Waals surface area (Å²) in [5, 5.41) is 0. The molecule has 0 aliphatic carbocycles. The number of nitrogens with two attached hydrogens (primary N) is 1. The van der Waals surface area contributed by atoms with E-state index in [1.54, 1.807) is 0 Å². The van der Waals surface area contributed by atoms with Crippen molar-refractivity contribution < 1.29 is 9.53 Å². The Bertz CT molecular complexity index is 435. The third-order valence-electron chi connectivity index (χ3n) is 4.16. The minimum absolute atomic E-state index is 0.0990. The summed E-state index contributed by atoms with van der Waals surface area (Å²) in [5.74, 6) is -0.176. The Morgan fingerprint density at radius 2 is 2.16 bits per heavy atom. The van der Waals surface area contributed by atoms with Crippen LogP contribution in [-0.2, 0) is 14.9 Å². The Labute approximate surface area is 114 Å². The van der Waals surface area contributed by atoms with E-state index in [9.17, 15) is 4.79 Å².